The molecule has 4 aromatic heterocycles. The summed E-state index contributed by atoms with van der Waals surface area (Å²) in [5.41, 5.74) is 10.1. The van der Waals surface area contributed by atoms with Gasteiger partial charge in [-0.1, -0.05) is 6.07 Å². The monoisotopic (exact) mass is 305 g/mol. The van der Waals surface area contributed by atoms with Crippen LogP contribution in [-0.4, -0.2) is 29.1 Å². The lowest BCUT2D eigenvalue weighted by molar-refractivity contribution is 0.862. The first-order chi connectivity index (χ1) is 11.1. The fraction of sp³-hybridized carbons (Fsp3) is 0.125. The van der Waals surface area contributed by atoms with E-state index in [2.05, 4.69) is 20.1 Å². The van der Waals surface area contributed by atoms with Gasteiger partial charge in [0.2, 0.25) is 5.82 Å². The number of aromatic nitrogens is 6. The summed E-state index contributed by atoms with van der Waals surface area (Å²) < 4.78 is 3.63. The van der Waals surface area contributed by atoms with Crippen molar-refractivity contribution >= 4 is 11.3 Å². The second-order valence-electron chi connectivity index (χ2n) is 5.39. The van der Waals surface area contributed by atoms with Crippen molar-refractivity contribution in [3.8, 4) is 22.8 Å². The van der Waals surface area contributed by atoms with Crippen molar-refractivity contribution in [2.24, 2.45) is 7.05 Å². The van der Waals surface area contributed by atoms with E-state index in [1.807, 2.05) is 49.3 Å². The molecule has 0 unspecified atom stereocenters. The molecule has 0 spiro atoms. The highest BCUT2D eigenvalue weighted by molar-refractivity contribution is 5.82. The molecule has 0 atom stereocenters. The SMILES string of the molecule is Cc1c(-c2cccnc2)cn2nc(-c3nccn3C)nc(N)c12. The second kappa shape index (κ2) is 4.91. The Morgan fingerprint density at radius 3 is 2.78 bits per heavy atom. The summed E-state index contributed by atoms with van der Waals surface area (Å²) in [6.45, 7) is 2.01. The fourth-order valence-corrected chi connectivity index (χ4v) is 2.75. The largest absolute Gasteiger partial charge is 0.382 e. The van der Waals surface area contributed by atoms with Crippen molar-refractivity contribution in [3.05, 3.63) is 48.7 Å². The molecule has 4 rings (SSSR count). The average molecular weight is 305 g/mol. The Labute approximate surface area is 132 Å². The maximum absolute atomic E-state index is 6.18. The van der Waals surface area contributed by atoms with E-state index >= 15 is 0 Å². The summed E-state index contributed by atoms with van der Waals surface area (Å²) in [5, 5.41) is 4.57. The number of imidazole rings is 1. The highest BCUT2D eigenvalue weighted by Gasteiger charge is 2.16. The molecule has 7 nitrogen and oxygen atoms in total. The van der Waals surface area contributed by atoms with Crippen LogP contribution >= 0.6 is 0 Å². The Hall–Kier alpha value is -3.22. The number of pyridine rings is 1. The third-order valence-electron chi connectivity index (χ3n) is 3.90. The smallest absolute Gasteiger partial charge is 0.218 e. The van der Waals surface area contributed by atoms with Gasteiger partial charge in [-0.2, -0.15) is 0 Å². The zero-order valence-electron chi connectivity index (χ0n) is 12.8. The van der Waals surface area contributed by atoms with Crippen LogP contribution in [-0.2, 0) is 7.05 Å². The average Bonchev–Trinajstić information content (AvgIpc) is 3.12. The molecule has 0 radical (unpaired) electrons. The van der Waals surface area contributed by atoms with E-state index < -0.39 is 0 Å². The number of hydrogen-bond donors (Lipinski definition) is 1. The molecule has 4 aromatic rings. The summed E-state index contributed by atoms with van der Waals surface area (Å²) in [6, 6.07) is 3.92. The highest BCUT2D eigenvalue weighted by Crippen LogP contribution is 2.30. The number of rotatable bonds is 2. The molecule has 0 aliphatic rings. The maximum Gasteiger partial charge on any atom is 0.218 e. The van der Waals surface area contributed by atoms with Crippen molar-refractivity contribution in [3.63, 3.8) is 0 Å². The standard InChI is InChI=1S/C16H15N7/c1-10-12(11-4-3-5-18-8-11)9-23-13(10)14(17)20-15(21-23)16-19-6-7-22(16)2/h3-9H,1-2H3,(H2,17,20,21). The number of nitrogens with zero attached hydrogens (tertiary/aromatic N) is 6. The first-order valence-corrected chi connectivity index (χ1v) is 7.18. The molecule has 0 saturated heterocycles. The summed E-state index contributed by atoms with van der Waals surface area (Å²) >= 11 is 0. The Bertz CT molecular complexity index is 998. The van der Waals surface area contributed by atoms with E-state index in [-0.39, 0.29) is 0 Å². The van der Waals surface area contributed by atoms with Crippen LogP contribution in [0.2, 0.25) is 0 Å². The Morgan fingerprint density at radius 2 is 2.09 bits per heavy atom. The molecule has 0 aliphatic carbocycles. The Kier molecular flexibility index (Phi) is 2.87. The molecule has 0 saturated carbocycles. The molecular formula is C16H15N7. The van der Waals surface area contributed by atoms with Crippen molar-refractivity contribution in [2.75, 3.05) is 5.73 Å². The van der Waals surface area contributed by atoms with Crippen molar-refractivity contribution in [1.82, 2.24) is 29.1 Å². The normalized spacial score (nSPS) is 11.2. The summed E-state index contributed by atoms with van der Waals surface area (Å²) in [5.74, 6) is 1.61. The van der Waals surface area contributed by atoms with Gasteiger partial charge < -0.3 is 10.3 Å². The topological polar surface area (TPSA) is 86.9 Å². The minimum Gasteiger partial charge on any atom is -0.382 e. The zero-order valence-corrected chi connectivity index (χ0v) is 12.8. The zero-order chi connectivity index (χ0) is 16.0. The van der Waals surface area contributed by atoms with Crippen LogP contribution in [0.5, 0.6) is 0 Å². The van der Waals surface area contributed by atoms with Gasteiger partial charge in [0.15, 0.2) is 11.6 Å². The quantitative estimate of drug-likeness (QED) is 0.612. The third-order valence-corrected chi connectivity index (χ3v) is 3.90. The molecule has 0 bridgehead atoms. The van der Waals surface area contributed by atoms with E-state index in [0.29, 0.717) is 17.5 Å². The Balaban J connectivity index is 1.96. The van der Waals surface area contributed by atoms with Gasteiger partial charge in [-0.3, -0.25) is 4.98 Å². The Morgan fingerprint density at radius 1 is 1.22 bits per heavy atom. The third kappa shape index (κ3) is 2.05. The van der Waals surface area contributed by atoms with Gasteiger partial charge in [0, 0.05) is 49.2 Å². The lowest BCUT2D eigenvalue weighted by Crippen LogP contribution is -2.05. The molecular weight excluding hydrogens is 290 g/mol. The van der Waals surface area contributed by atoms with E-state index in [1.165, 1.54) is 0 Å². The predicted octanol–water partition coefficient (Wildman–Crippen LogP) is 2.08. The maximum atomic E-state index is 6.18. The number of fused-ring (bicyclic) bond motifs is 1. The molecule has 0 aromatic carbocycles. The van der Waals surface area contributed by atoms with Crippen LogP contribution in [0.15, 0.2) is 43.1 Å². The van der Waals surface area contributed by atoms with E-state index in [1.54, 1.807) is 16.9 Å². The fourth-order valence-electron chi connectivity index (χ4n) is 2.75. The van der Waals surface area contributed by atoms with Crippen molar-refractivity contribution < 1.29 is 0 Å². The molecule has 4 heterocycles. The first-order valence-electron chi connectivity index (χ1n) is 7.18. The molecule has 0 amide bonds. The molecule has 114 valence electrons. The minimum absolute atomic E-state index is 0.436. The van der Waals surface area contributed by atoms with Crippen LogP contribution in [0.3, 0.4) is 0 Å². The van der Waals surface area contributed by atoms with Crippen LogP contribution in [0.25, 0.3) is 28.3 Å². The summed E-state index contributed by atoms with van der Waals surface area (Å²) in [6.07, 6.45) is 9.08. The first kappa shape index (κ1) is 13.4. The predicted molar refractivity (Wildman–Crippen MR) is 87.6 cm³/mol. The summed E-state index contributed by atoms with van der Waals surface area (Å²) in [7, 11) is 1.90. The lowest BCUT2D eigenvalue weighted by atomic mass is 10.1. The van der Waals surface area contributed by atoms with Crippen LogP contribution in [0.4, 0.5) is 5.82 Å². The minimum atomic E-state index is 0.436. The van der Waals surface area contributed by atoms with E-state index in [4.69, 9.17) is 5.73 Å². The van der Waals surface area contributed by atoms with Crippen LogP contribution < -0.4 is 5.73 Å². The molecule has 2 N–H and O–H groups in total. The van der Waals surface area contributed by atoms with Gasteiger partial charge in [-0.15, -0.1) is 5.10 Å². The lowest BCUT2D eigenvalue weighted by Gasteiger charge is -2.04. The van der Waals surface area contributed by atoms with Gasteiger partial charge in [0.25, 0.3) is 0 Å². The van der Waals surface area contributed by atoms with Gasteiger partial charge in [0.1, 0.15) is 5.52 Å². The molecule has 0 aliphatic heterocycles. The molecule has 7 heteroatoms. The van der Waals surface area contributed by atoms with Gasteiger partial charge in [0.05, 0.1) is 0 Å². The van der Waals surface area contributed by atoms with Crippen molar-refractivity contribution in [1.29, 1.82) is 0 Å². The number of hydrogen-bond acceptors (Lipinski definition) is 5. The second-order valence-corrected chi connectivity index (χ2v) is 5.39. The van der Waals surface area contributed by atoms with Crippen LogP contribution in [0, 0.1) is 6.92 Å². The molecule has 23 heavy (non-hydrogen) atoms. The highest BCUT2D eigenvalue weighted by atomic mass is 15.3. The van der Waals surface area contributed by atoms with Crippen LogP contribution in [0.1, 0.15) is 5.56 Å². The number of nitrogen functional groups attached to an aromatic ring is 1. The number of anilines is 1. The van der Waals surface area contributed by atoms with E-state index in [0.717, 1.165) is 22.2 Å². The van der Waals surface area contributed by atoms with Crippen molar-refractivity contribution in [2.45, 2.75) is 6.92 Å². The van der Waals surface area contributed by atoms with Gasteiger partial charge >= 0.3 is 0 Å². The summed E-state index contributed by atoms with van der Waals surface area (Å²) in [4.78, 5) is 12.9. The molecule has 0 fully saturated rings. The van der Waals surface area contributed by atoms with E-state index in [9.17, 15) is 0 Å². The number of aryl methyl sites for hydroxylation is 2. The number of nitrogens with two attached hydrogens (primary N) is 1. The van der Waals surface area contributed by atoms with Gasteiger partial charge in [-0.25, -0.2) is 14.5 Å². The van der Waals surface area contributed by atoms with Gasteiger partial charge in [-0.05, 0) is 18.6 Å².